The van der Waals surface area contributed by atoms with Gasteiger partial charge in [0.1, 0.15) is 0 Å². The highest BCUT2D eigenvalue weighted by molar-refractivity contribution is 5.75. The summed E-state index contributed by atoms with van der Waals surface area (Å²) in [5, 5.41) is 0. The van der Waals surface area contributed by atoms with Crippen LogP contribution in [0.15, 0.2) is 0 Å². The Hall–Kier alpha value is -2.65. The second-order valence-electron chi connectivity index (χ2n) is 11.1. The van der Waals surface area contributed by atoms with Crippen molar-refractivity contribution in [3.63, 3.8) is 0 Å². The molecule has 10 heteroatoms. The maximum Gasteiger partial charge on any atom is 0.306 e. The summed E-state index contributed by atoms with van der Waals surface area (Å²) in [6.07, 6.45) is 11.5. The van der Waals surface area contributed by atoms with Gasteiger partial charge < -0.3 is 23.8 Å². The van der Waals surface area contributed by atoms with Crippen molar-refractivity contribution in [1.29, 1.82) is 0 Å². The fourth-order valence-electron chi connectivity index (χ4n) is 4.72. The van der Waals surface area contributed by atoms with Crippen LogP contribution < -0.4 is 0 Å². The molecule has 0 bridgehead atoms. The molecule has 0 radical (unpaired) electrons. The zero-order valence-corrected chi connectivity index (χ0v) is 25.8. The average Bonchev–Trinajstić information content (AvgIpc) is 3.31. The van der Waals surface area contributed by atoms with E-state index in [0.29, 0.717) is 12.8 Å². The number of esters is 4. The van der Waals surface area contributed by atoms with Gasteiger partial charge in [-0.1, -0.05) is 78.1 Å². The molecule has 236 valence electrons. The highest BCUT2D eigenvalue weighted by Crippen LogP contribution is 2.20. The third-order valence-corrected chi connectivity index (χ3v) is 7.15. The smallest absolute Gasteiger partial charge is 0.306 e. The van der Waals surface area contributed by atoms with Crippen molar-refractivity contribution < 1.29 is 42.9 Å². The van der Waals surface area contributed by atoms with E-state index in [4.69, 9.17) is 18.9 Å². The maximum absolute atomic E-state index is 12.9. The fraction of sp³-hybridized carbons (Fsp3) is 0.839. The molecule has 0 aliphatic carbocycles. The molecule has 0 saturated carbocycles. The highest BCUT2D eigenvalue weighted by Gasteiger charge is 2.39. The first-order chi connectivity index (χ1) is 19.7. The summed E-state index contributed by atoms with van der Waals surface area (Å²) in [7, 11) is 0. The summed E-state index contributed by atoms with van der Waals surface area (Å²) >= 11 is 0. The van der Waals surface area contributed by atoms with Gasteiger partial charge in [-0.2, -0.15) is 0 Å². The van der Waals surface area contributed by atoms with Gasteiger partial charge in [-0.3, -0.25) is 24.0 Å². The summed E-state index contributed by atoms with van der Waals surface area (Å²) in [5.74, 6) is -2.63. The van der Waals surface area contributed by atoms with Crippen LogP contribution in [0.2, 0.25) is 0 Å². The number of likely N-dealkylation sites (tertiary alicyclic amines) is 1. The molecule has 10 nitrogen and oxygen atoms in total. The van der Waals surface area contributed by atoms with Crippen molar-refractivity contribution in [2.24, 2.45) is 5.92 Å². The molecule has 2 unspecified atom stereocenters. The molecule has 1 saturated heterocycles. The van der Waals surface area contributed by atoms with Crippen molar-refractivity contribution in [3.8, 4) is 0 Å². The van der Waals surface area contributed by atoms with Crippen LogP contribution in [0.25, 0.3) is 0 Å². The molecule has 0 spiro atoms. The third kappa shape index (κ3) is 17.7. The zero-order chi connectivity index (χ0) is 30.5. The number of carbonyl (C=O) groups excluding carboxylic acids is 5. The number of amides is 1. The van der Waals surface area contributed by atoms with Crippen molar-refractivity contribution in [2.45, 2.75) is 136 Å². The molecule has 2 atom stereocenters. The molecular weight excluding hydrogens is 530 g/mol. The van der Waals surface area contributed by atoms with Gasteiger partial charge in [0.25, 0.3) is 0 Å². The minimum atomic E-state index is -0.804. The summed E-state index contributed by atoms with van der Waals surface area (Å²) in [4.78, 5) is 62.2. The van der Waals surface area contributed by atoms with E-state index in [9.17, 15) is 24.0 Å². The molecule has 0 aromatic rings. The number of ether oxygens (including phenoxy) is 4. The van der Waals surface area contributed by atoms with E-state index in [0.717, 1.165) is 64.2 Å². The second kappa shape index (κ2) is 22.0. The van der Waals surface area contributed by atoms with Crippen LogP contribution in [-0.4, -0.2) is 73.2 Å². The number of unbranched alkanes of at least 4 members (excludes halogenated alkanes) is 10. The normalized spacial score (nSPS) is 16.5. The third-order valence-electron chi connectivity index (χ3n) is 7.15. The number of rotatable bonds is 22. The molecule has 1 rings (SSSR count). The van der Waals surface area contributed by atoms with Gasteiger partial charge in [-0.25, -0.2) is 0 Å². The van der Waals surface area contributed by atoms with Crippen LogP contribution in [0.5, 0.6) is 0 Å². The fourth-order valence-corrected chi connectivity index (χ4v) is 4.72. The van der Waals surface area contributed by atoms with Crippen LogP contribution in [0.4, 0.5) is 0 Å². The zero-order valence-electron chi connectivity index (χ0n) is 25.8. The number of carbonyl (C=O) groups is 5. The molecule has 1 aliphatic heterocycles. The van der Waals surface area contributed by atoms with Crippen LogP contribution in [0.3, 0.4) is 0 Å². The van der Waals surface area contributed by atoms with Crippen LogP contribution in [0.1, 0.15) is 124 Å². The van der Waals surface area contributed by atoms with Gasteiger partial charge in [0.05, 0.1) is 32.7 Å². The summed E-state index contributed by atoms with van der Waals surface area (Å²) in [6, 6.07) is 0. The van der Waals surface area contributed by atoms with E-state index in [1.54, 1.807) is 0 Å². The first-order valence-corrected chi connectivity index (χ1v) is 15.6. The molecule has 0 aromatic heterocycles. The molecule has 1 aliphatic rings. The summed E-state index contributed by atoms with van der Waals surface area (Å²) < 4.78 is 21.7. The molecule has 41 heavy (non-hydrogen) atoms. The first kappa shape index (κ1) is 36.4. The molecule has 1 amide bonds. The lowest BCUT2D eigenvalue weighted by atomic mass is 10.1. The number of nitrogens with zero attached hydrogens (tertiary/aromatic N) is 1. The van der Waals surface area contributed by atoms with Gasteiger partial charge >= 0.3 is 23.9 Å². The minimum Gasteiger partial charge on any atom is -0.465 e. The molecule has 1 heterocycles. The van der Waals surface area contributed by atoms with E-state index in [-0.39, 0.29) is 50.6 Å². The lowest BCUT2D eigenvalue weighted by molar-refractivity contribution is -0.165. The molecule has 0 N–H and O–H groups in total. The van der Waals surface area contributed by atoms with Crippen molar-refractivity contribution >= 4 is 29.8 Å². The Morgan fingerprint density at radius 3 is 1.51 bits per heavy atom. The lowest BCUT2D eigenvalue weighted by Gasteiger charge is -2.21. The average molecular weight is 584 g/mol. The van der Waals surface area contributed by atoms with E-state index in [2.05, 4.69) is 13.8 Å². The SMILES string of the molecule is CCCCCCCCC(=O)OCC(COC(=O)CCCCCCCC)CC(=O)OC1CN(C(C)=O)CC1OC(C)=O. The predicted molar refractivity (Wildman–Crippen MR) is 154 cm³/mol. The Morgan fingerprint density at radius 1 is 0.634 bits per heavy atom. The Kier molecular flexibility index (Phi) is 19.5. The van der Waals surface area contributed by atoms with Crippen LogP contribution in [0, 0.1) is 5.92 Å². The predicted octanol–water partition coefficient (Wildman–Crippen LogP) is 5.29. The molecule has 1 fully saturated rings. The monoisotopic (exact) mass is 583 g/mol. The van der Waals surface area contributed by atoms with Gasteiger partial charge in [0.2, 0.25) is 5.91 Å². The van der Waals surface area contributed by atoms with Crippen molar-refractivity contribution in [3.05, 3.63) is 0 Å². The van der Waals surface area contributed by atoms with Gasteiger partial charge in [0.15, 0.2) is 12.2 Å². The quantitative estimate of drug-likeness (QED) is 0.0950. The first-order valence-electron chi connectivity index (χ1n) is 15.6. The van der Waals surface area contributed by atoms with Gasteiger partial charge in [0, 0.05) is 32.6 Å². The minimum absolute atomic E-state index is 0.0777. The Balaban J connectivity index is 2.63. The van der Waals surface area contributed by atoms with Crippen molar-refractivity contribution in [1.82, 2.24) is 4.90 Å². The van der Waals surface area contributed by atoms with E-state index in [1.165, 1.54) is 31.6 Å². The van der Waals surface area contributed by atoms with E-state index in [1.807, 2.05) is 0 Å². The number of hydrogen-bond acceptors (Lipinski definition) is 9. The Labute approximate surface area is 246 Å². The second-order valence-corrected chi connectivity index (χ2v) is 11.1. The van der Waals surface area contributed by atoms with Gasteiger partial charge in [-0.05, 0) is 12.8 Å². The Bertz CT molecular complexity index is 768. The largest absolute Gasteiger partial charge is 0.465 e. The van der Waals surface area contributed by atoms with Crippen LogP contribution >= 0.6 is 0 Å². The molecular formula is C31H53NO9. The molecule has 0 aromatic carbocycles. The summed E-state index contributed by atoms with van der Waals surface area (Å²) in [6.45, 7) is 7.06. The topological polar surface area (TPSA) is 126 Å². The van der Waals surface area contributed by atoms with Crippen LogP contribution in [-0.2, 0) is 42.9 Å². The maximum atomic E-state index is 12.9. The Morgan fingerprint density at radius 2 is 1.07 bits per heavy atom. The summed E-state index contributed by atoms with van der Waals surface area (Å²) in [5.41, 5.74) is 0. The number of hydrogen-bond donors (Lipinski definition) is 0. The standard InChI is InChI=1S/C31H53NO9/c1-5-7-9-11-13-15-17-29(35)38-22-26(23-39-30(36)18-16-14-12-10-8-6-2)19-31(37)41-28-21-32(24(3)33)20-27(28)40-25(4)34/h26-28H,5-23H2,1-4H3. The van der Waals surface area contributed by atoms with E-state index >= 15 is 0 Å². The highest BCUT2D eigenvalue weighted by atomic mass is 16.6. The van der Waals surface area contributed by atoms with E-state index < -0.39 is 30.1 Å². The van der Waals surface area contributed by atoms with Gasteiger partial charge in [-0.15, -0.1) is 0 Å². The van der Waals surface area contributed by atoms with Crippen molar-refractivity contribution in [2.75, 3.05) is 26.3 Å². The lowest BCUT2D eigenvalue weighted by Crippen LogP contribution is -2.34.